The Morgan fingerprint density at radius 2 is 2.24 bits per heavy atom. The number of thioether (sulfide) groups is 1. The van der Waals surface area contributed by atoms with E-state index >= 15 is 0 Å². The maximum absolute atomic E-state index is 12.6. The zero-order valence-electron chi connectivity index (χ0n) is 14.0. The van der Waals surface area contributed by atoms with E-state index in [-0.39, 0.29) is 11.9 Å². The molecule has 1 saturated carbocycles. The normalized spacial score (nSPS) is 15.4. The van der Waals surface area contributed by atoms with Gasteiger partial charge in [0.05, 0.1) is 28.1 Å². The first kappa shape index (κ1) is 16.5. The fourth-order valence-electron chi connectivity index (χ4n) is 2.51. The topological polar surface area (TPSA) is 76.8 Å². The number of rotatable bonds is 6. The van der Waals surface area contributed by atoms with Crippen molar-refractivity contribution in [2.24, 2.45) is 0 Å². The van der Waals surface area contributed by atoms with Crippen molar-refractivity contribution in [1.82, 2.24) is 30.1 Å². The molecule has 1 amide bonds. The van der Waals surface area contributed by atoms with Gasteiger partial charge in [0.2, 0.25) is 11.1 Å². The van der Waals surface area contributed by atoms with Crippen LogP contribution in [0, 0.1) is 0 Å². The zero-order chi connectivity index (χ0) is 17.4. The smallest absolute Gasteiger partial charge is 0.233 e. The van der Waals surface area contributed by atoms with E-state index in [2.05, 4.69) is 26.6 Å². The highest BCUT2D eigenvalue weighted by molar-refractivity contribution is 7.99. The number of para-hydroxylation sites is 1. The van der Waals surface area contributed by atoms with Crippen molar-refractivity contribution in [3.63, 3.8) is 0 Å². The van der Waals surface area contributed by atoms with Crippen LogP contribution in [-0.4, -0.2) is 48.8 Å². The first-order chi connectivity index (χ1) is 12.1. The number of amides is 1. The summed E-state index contributed by atoms with van der Waals surface area (Å²) in [5.74, 6) is 0.362. The zero-order valence-corrected chi connectivity index (χ0v) is 15.6. The van der Waals surface area contributed by atoms with Crippen molar-refractivity contribution < 1.29 is 4.79 Å². The van der Waals surface area contributed by atoms with Crippen molar-refractivity contribution >= 4 is 39.2 Å². The summed E-state index contributed by atoms with van der Waals surface area (Å²) >= 11 is 3.03. The van der Waals surface area contributed by atoms with Crippen LogP contribution in [0.4, 0.5) is 0 Å². The van der Waals surface area contributed by atoms with E-state index in [0.29, 0.717) is 11.8 Å². The molecular weight excluding hydrogens is 356 g/mol. The monoisotopic (exact) mass is 374 g/mol. The van der Waals surface area contributed by atoms with Crippen LogP contribution in [0.5, 0.6) is 0 Å². The Kier molecular flexibility index (Phi) is 4.43. The molecule has 9 heteroatoms. The molecule has 2 heterocycles. The molecule has 130 valence electrons. The van der Waals surface area contributed by atoms with Gasteiger partial charge in [-0.3, -0.25) is 4.79 Å². The highest BCUT2D eigenvalue weighted by Gasteiger charge is 2.28. The predicted octanol–water partition coefficient (Wildman–Crippen LogP) is 2.93. The van der Waals surface area contributed by atoms with E-state index < -0.39 is 0 Å². The van der Waals surface area contributed by atoms with Crippen LogP contribution in [0.1, 0.15) is 36.9 Å². The van der Waals surface area contributed by atoms with Crippen LogP contribution in [0.3, 0.4) is 0 Å². The number of hydrogen-bond acceptors (Lipinski definition) is 7. The number of carbonyl (C=O) groups is 1. The standard InChI is InChI=1S/C16H18N6OS2/c1-10(15-17-12-5-3-4-6-13(12)25-15)21(2)14(23)9-24-16-18-19-20-22(16)11-7-8-11/h3-6,10-11H,7-9H2,1-2H3/t10-/m0/s1. The van der Waals surface area contributed by atoms with E-state index in [9.17, 15) is 4.79 Å². The van der Waals surface area contributed by atoms with E-state index in [1.807, 2.05) is 36.9 Å². The van der Waals surface area contributed by atoms with Crippen LogP contribution in [0.2, 0.25) is 0 Å². The highest BCUT2D eigenvalue weighted by Crippen LogP contribution is 2.36. The molecule has 0 spiro atoms. The average molecular weight is 374 g/mol. The summed E-state index contributed by atoms with van der Waals surface area (Å²) in [6.07, 6.45) is 2.22. The average Bonchev–Trinajstić information content (AvgIpc) is 3.20. The Morgan fingerprint density at radius 1 is 1.44 bits per heavy atom. The van der Waals surface area contributed by atoms with E-state index in [0.717, 1.165) is 33.2 Å². The summed E-state index contributed by atoms with van der Waals surface area (Å²) in [7, 11) is 1.82. The quantitative estimate of drug-likeness (QED) is 0.618. The van der Waals surface area contributed by atoms with Gasteiger partial charge < -0.3 is 4.90 Å². The van der Waals surface area contributed by atoms with Crippen molar-refractivity contribution in [2.45, 2.75) is 37.0 Å². The number of carbonyl (C=O) groups excluding carboxylic acids is 1. The maximum atomic E-state index is 12.6. The predicted molar refractivity (Wildman–Crippen MR) is 97.6 cm³/mol. The van der Waals surface area contributed by atoms with E-state index in [4.69, 9.17) is 0 Å². The fourth-order valence-corrected chi connectivity index (χ4v) is 4.44. The molecule has 1 fully saturated rings. The van der Waals surface area contributed by atoms with Gasteiger partial charge in [0, 0.05) is 7.05 Å². The first-order valence-corrected chi connectivity index (χ1v) is 9.95. The van der Waals surface area contributed by atoms with Crippen LogP contribution >= 0.6 is 23.1 Å². The highest BCUT2D eigenvalue weighted by atomic mass is 32.2. The number of hydrogen-bond donors (Lipinski definition) is 0. The molecule has 1 atom stereocenters. The van der Waals surface area contributed by atoms with Gasteiger partial charge in [0.15, 0.2) is 0 Å². The number of thiazole rings is 1. The third-order valence-corrected chi connectivity index (χ3v) is 6.45. The molecule has 4 rings (SSSR count). The number of aromatic nitrogens is 5. The second-order valence-corrected chi connectivity index (χ2v) is 8.13. The lowest BCUT2D eigenvalue weighted by atomic mass is 10.3. The molecule has 0 radical (unpaired) electrons. The Morgan fingerprint density at radius 3 is 3.00 bits per heavy atom. The van der Waals surface area contributed by atoms with Gasteiger partial charge in [-0.25, -0.2) is 9.67 Å². The number of tetrazole rings is 1. The molecule has 2 aromatic heterocycles. The van der Waals surface area contributed by atoms with Crippen molar-refractivity contribution in [3.05, 3.63) is 29.3 Å². The third-order valence-electron chi connectivity index (χ3n) is 4.32. The molecule has 1 aliphatic carbocycles. The van der Waals surface area contributed by atoms with Crippen molar-refractivity contribution in [1.29, 1.82) is 0 Å². The Balaban J connectivity index is 1.41. The van der Waals surface area contributed by atoms with Gasteiger partial charge in [-0.05, 0) is 42.3 Å². The molecule has 7 nitrogen and oxygen atoms in total. The van der Waals surface area contributed by atoms with Gasteiger partial charge in [-0.1, -0.05) is 23.9 Å². The van der Waals surface area contributed by atoms with Gasteiger partial charge in [0.25, 0.3) is 0 Å². The largest absolute Gasteiger partial charge is 0.336 e. The van der Waals surface area contributed by atoms with Crippen LogP contribution in [-0.2, 0) is 4.79 Å². The minimum Gasteiger partial charge on any atom is -0.336 e. The minimum absolute atomic E-state index is 0.0436. The SMILES string of the molecule is C[C@@H](c1nc2ccccc2s1)N(C)C(=O)CSc1nnnn1C1CC1. The van der Waals surface area contributed by atoms with Crippen LogP contribution in [0.15, 0.2) is 29.4 Å². The Bertz CT molecular complexity index is 870. The minimum atomic E-state index is -0.0649. The van der Waals surface area contributed by atoms with E-state index in [1.165, 1.54) is 11.8 Å². The van der Waals surface area contributed by atoms with Crippen molar-refractivity contribution in [2.75, 3.05) is 12.8 Å². The van der Waals surface area contributed by atoms with Crippen LogP contribution < -0.4 is 0 Å². The summed E-state index contributed by atoms with van der Waals surface area (Å²) in [6.45, 7) is 2.01. The van der Waals surface area contributed by atoms with Gasteiger partial charge in [0.1, 0.15) is 5.01 Å². The first-order valence-electron chi connectivity index (χ1n) is 8.15. The lowest BCUT2D eigenvalue weighted by molar-refractivity contribution is -0.128. The molecule has 25 heavy (non-hydrogen) atoms. The molecule has 1 aliphatic rings. The summed E-state index contributed by atoms with van der Waals surface area (Å²) in [5, 5.41) is 13.4. The molecule has 1 aromatic carbocycles. The summed E-state index contributed by atoms with van der Waals surface area (Å²) in [6, 6.07) is 8.38. The lowest BCUT2D eigenvalue weighted by Crippen LogP contribution is -2.31. The van der Waals surface area contributed by atoms with Crippen LogP contribution in [0.25, 0.3) is 10.2 Å². The second-order valence-electron chi connectivity index (χ2n) is 6.13. The number of fused-ring (bicyclic) bond motifs is 1. The molecular formula is C16H18N6OS2. The Hall–Kier alpha value is -2.00. The summed E-state index contributed by atoms with van der Waals surface area (Å²) in [4.78, 5) is 19.0. The van der Waals surface area contributed by atoms with Crippen molar-refractivity contribution in [3.8, 4) is 0 Å². The van der Waals surface area contributed by atoms with Gasteiger partial charge in [-0.2, -0.15) is 0 Å². The summed E-state index contributed by atoms with van der Waals surface area (Å²) in [5.41, 5.74) is 0.980. The van der Waals surface area contributed by atoms with Gasteiger partial charge >= 0.3 is 0 Å². The molecule has 0 unspecified atom stereocenters. The third kappa shape index (κ3) is 3.38. The summed E-state index contributed by atoms with van der Waals surface area (Å²) < 4.78 is 2.97. The molecule has 0 N–H and O–H groups in total. The molecule has 0 bridgehead atoms. The molecule has 3 aromatic rings. The Labute approximate surface area is 153 Å². The lowest BCUT2D eigenvalue weighted by Gasteiger charge is -2.23. The second kappa shape index (κ2) is 6.72. The molecule has 0 saturated heterocycles. The van der Waals surface area contributed by atoms with Gasteiger partial charge in [-0.15, -0.1) is 16.4 Å². The number of nitrogens with zero attached hydrogens (tertiary/aromatic N) is 6. The molecule has 0 aliphatic heterocycles. The maximum Gasteiger partial charge on any atom is 0.233 e. The fraction of sp³-hybridized carbons (Fsp3) is 0.438. The van der Waals surface area contributed by atoms with E-state index in [1.54, 1.807) is 16.2 Å². The number of benzene rings is 1.